The third-order valence-electron chi connectivity index (χ3n) is 5.14. The van der Waals surface area contributed by atoms with Crippen molar-refractivity contribution in [1.29, 1.82) is 0 Å². The topological polar surface area (TPSA) is 61.4 Å². The first-order valence-electron chi connectivity index (χ1n) is 9.21. The summed E-state index contributed by atoms with van der Waals surface area (Å²) in [6.07, 6.45) is -4.90. The van der Waals surface area contributed by atoms with Crippen molar-refractivity contribution < 1.29 is 22.8 Å². The maximum absolute atomic E-state index is 13.0. The molecule has 5 nitrogen and oxygen atoms in total. The van der Waals surface area contributed by atoms with Crippen LogP contribution in [0.25, 0.3) is 0 Å². The van der Waals surface area contributed by atoms with Crippen LogP contribution in [-0.4, -0.2) is 29.8 Å². The van der Waals surface area contributed by atoms with Gasteiger partial charge in [-0.2, -0.15) is 13.2 Å². The van der Waals surface area contributed by atoms with E-state index in [2.05, 4.69) is 10.6 Å². The molecule has 8 heteroatoms. The third-order valence-corrected chi connectivity index (χ3v) is 5.14. The van der Waals surface area contributed by atoms with E-state index in [1.54, 1.807) is 14.0 Å². The van der Waals surface area contributed by atoms with E-state index in [9.17, 15) is 22.8 Å². The molecule has 154 valence electrons. The Balaban J connectivity index is 1.72. The molecule has 0 bridgehead atoms. The Morgan fingerprint density at radius 3 is 2.31 bits per heavy atom. The molecule has 1 saturated heterocycles. The summed E-state index contributed by atoms with van der Waals surface area (Å²) in [6.45, 7) is 1.73. The molecule has 0 aliphatic carbocycles. The summed E-state index contributed by atoms with van der Waals surface area (Å²) < 4.78 is 38.3. The van der Waals surface area contributed by atoms with Crippen LogP contribution in [0.1, 0.15) is 42.2 Å². The van der Waals surface area contributed by atoms with Crippen LogP contribution < -0.4 is 10.6 Å². The first kappa shape index (κ1) is 20.9. The lowest BCUT2D eigenvalue weighted by Crippen LogP contribution is -2.56. The third kappa shape index (κ3) is 4.76. The number of carbonyl (C=O) groups is 2. The minimum atomic E-state index is -4.41. The van der Waals surface area contributed by atoms with E-state index in [1.807, 2.05) is 30.3 Å². The monoisotopic (exact) mass is 405 g/mol. The summed E-state index contributed by atoms with van der Waals surface area (Å²) in [5.41, 5.74) is 0.671. The Bertz CT molecular complexity index is 869. The Hall–Kier alpha value is -2.87. The first-order valence-corrected chi connectivity index (χ1v) is 9.21. The number of nitrogens with one attached hydrogen (secondary N) is 2. The van der Waals surface area contributed by atoms with Crippen molar-refractivity contribution in [2.24, 2.45) is 0 Å². The van der Waals surface area contributed by atoms with Crippen LogP contribution in [0.5, 0.6) is 0 Å². The number of likely N-dealkylation sites (N-methyl/N-ethyl adjacent to an activating group) is 1. The average Bonchev–Trinajstić information content (AvgIpc) is 2.71. The second kappa shape index (κ2) is 8.24. The van der Waals surface area contributed by atoms with Gasteiger partial charge in [-0.05, 0) is 30.2 Å². The SMILES string of the molecule is C[C@H](c1ccc(C(F)(F)F)cc1)N(C)C(=O)C1CC(=O)NC(c2ccccc2)N1. The lowest BCUT2D eigenvalue weighted by atomic mass is 10.0. The highest BCUT2D eigenvalue weighted by Gasteiger charge is 2.34. The number of benzene rings is 2. The highest BCUT2D eigenvalue weighted by atomic mass is 19.4. The normalized spacial score (nSPS) is 20.7. The Morgan fingerprint density at radius 2 is 1.72 bits per heavy atom. The smallest absolute Gasteiger partial charge is 0.338 e. The van der Waals surface area contributed by atoms with Gasteiger partial charge in [-0.1, -0.05) is 42.5 Å². The molecule has 1 aliphatic heterocycles. The molecule has 0 spiro atoms. The minimum absolute atomic E-state index is 0.00770. The molecule has 2 amide bonds. The zero-order valence-electron chi connectivity index (χ0n) is 16.0. The van der Waals surface area contributed by atoms with E-state index in [1.165, 1.54) is 17.0 Å². The van der Waals surface area contributed by atoms with E-state index >= 15 is 0 Å². The van der Waals surface area contributed by atoms with Crippen LogP contribution in [0, 0.1) is 0 Å². The van der Waals surface area contributed by atoms with Gasteiger partial charge < -0.3 is 10.2 Å². The van der Waals surface area contributed by atoms with Gasteiger partial charge in [0, 0.05) is 7.05 Å². The minimum Gasteiger partial charge on any atom is -0.338 e. The van der Waals surface area contributed by atoms with Crippen molar-refractivity contribution in [1.82, 2.24) is 15.5 Å². The van der Waals surface area contributed by atoms with Gasteiger partial charge in [-0.15, -0.1) is 0 Å². The second-order valence-electron chi connectivity index (χ2n) is 7.08. The van der Waals surface area contributed by atoms with Crippen LogP contribution in [0.2, 0.25) is 0 Å². The molecule has 2 aromatic carbocycles. The average molecular weight is 405 g/mol. The highest BCUT2D eigenvalue weighted by Crippen LogP contribution is 2.31. The number of amides is 2. The summed E-state index contributed by atoms with van der Waals surface area (Å²) in [5, 5.41) is 5.95. The number of carbonyl (C=O) groups excluding carboxylic acids is 2. The fraction of sp³-hybridized carbons (Fsp3) is 0.333. The highest BCUT2D eigenvalue weighted by molar-refractivity contribution is 5.89. The van der Waals surface area contributed by atoms with Crippen molar-refractivity contribution in [2.75, 3.05) is 7.05 Å². The Morgan fingerprint density at radius 1 is 1.10 bits per heavy atom. The Kier molecular flexibility index (Phi) is 5.93. The number of alkyl halides is 3. The van der Waals surface area contributed by atoms with E-state index in [0.717, 1.165) is 17.7 Å². The Labute approximate surface area is 166 Å². The largest absolute Gasteiger partial charge is 0.416 e. The van der Waals surface area contributed by atoms with Crippen LogP contribution in [0.15, 0.2) is 54.6 Å². The predicted octanol–water partition coefficient (Wildman–Crippen LogP) is 3.40. The van der Waals surface area contributed by atoms with Crippen molar-refractivity contribution >= 4 is 11.8 Å². The molecule has 2 unspecified atom stereocenters. The lowest BCUT2D eigenvalue weighted by Gasteiger charge is -2.35. The summed E-state index contributed by atoms with van der Waals surface area (Å²) >= 11 is 0. The molecular weight excluding hydrogens is 383 g/mol. The number of nitrogens with zero attached hydrogens (tertiary/aromatic N) is 1. The maximum atomic E-state index is 13.0. The van der Waals surface area contributed by atoms with Crippen LogP contribution in [0.3, 0.4) is 0 Å². The fourth-order valence-electron chi connectivity index (χ4n) is 3.30. The van der Waals surface area contributed by atoms with Gasteiger partial charge in [0.25, 0.3) is 0 Å². The molecule has 3 rings (SSSR count). The van der Waals surface area contributed by atoms with E-state index in [0.29, 0.717) is 5.56 Å². The lowest BCUT2D eigenvalue weighted by molar-refractivity contribution is -0.139. The zero-order chi connectivity index (χ0) is 21.2. The summed E-state index contributed by atoms with van der Waals surface area (Å²) in [6, 6.07) is 12.8. The molecule has 1 fully saturated rings. The second-order valence-corrected chi connectivity index (χ2v) is 7.08. The van der Waals surface area contributed by atoms with Gasteiger partial charge in [0.1, 0.15) is 6.17 Å². The molecule has 1 aliphatic rings. The van der Waals surface area contributed by atoms with Crippen molar-refractivity contribution in [3.63, 3.8) is 0 Å². The molecule has 2 N–H and O–H groups in total. The summed E-state index contributed by atoms with van der Waals surface area (Å²) in [5.74, 6) is -0.542. The van der Waals surface area contributed by atoms with Crippen LogP contribution in [0.4, 0.5) is 13.2 Å². The van der Waals surface area contributed by atoms with Gasteiger partial charge in [-0.3, -0.25) is 14.9 Å². The molecule has 3 atom stereocenters. The summed E-state index contributed by atoms with van der Waals surface area (Å²) in [7, 11) is 1.58. The zero-order valence-corrected chi connectivity index (χ0v) is 16.0. The van der Waals surface area contributed by atoms with Gasteiger partial charge in [-0.25, -0.2) is 0 Å². The van der Waals surface area contributed by atoms with E-state index in [-0.39, 0.29) is 18.2 Å². The van der Waals surface area contributed by atoms with Crippen LogP contribution in [-0.2, 0) is 15.8 Å². The van der Waals surface area contributed by atoms with Gasteiger partial charge >= 0.3 is 6.18 Å². The van der Waals surface area contributed by atoms with Gasteiger partial charge in [0.05, 0.1) is 24.1 Å². The molecule has 0 saturated carbocycles. The van der Waals surface area contributed by atoms with Crippen molar-refractivity contribution in [3.05, 3.63) is 71.3 Å². The molecule has 0 radical (unpaired) electrons. The molecule has 29 heavy (non-hydrogen) atoms. The number of halogens is 3. The fourth-order valence-corrected chi connectivity index (χ4v) is 3.30. The summed E-state index contributed by atoms with van der Waals surface area (Å²) in [4.78, 5) is 26.5. The maximum Gasteiger partial charge on any atom is 0.416 e. The number of hydrogen-bond donors (Lipinski definition) is 2. The van der Waals surface area contributed by atoms with E-state index < -0.39 is 30.0 Å². The van der Waals surface area contributed by atoms with Gasteiger partial charge in [0.2, 0.25) is 11.8 Å². The molecule has 1 heterocycles. The van der Waals surface area contributed by atoms with Crippen molar-refractivity contribution in [2.45, 2.75) is 37.8 Å². The molecular formula is C21H22F3N3O2. The number of rotatable bonds is 4. The predicted molar refractivity (Wildman–Crippen MR) is 101 cm³/mol. The van der Waals surface area contributed by atoms with E-state index in [4.69, 9.17) is 0 Å². The standard InChI is InChI=1S/C21H22F3N3O2/c1-13(14-8-10-16(11-9-14)21(22,23)24)27(2)20(29)17-12-18(28)26-19(25-17)15-6-4-3-5-7-15/h3-11,13,17,19,25H,12H2,1-2H3,(H,26,28)/t13-,17?,19?/m1/s1. The quantitative estimate of drug-likeness (QED) is 0.820. The van der Waals surface area contributed by atoms with Gasteiger partial charge in [0.15, 0.2) is 0 Å². The van der Waals surface area contributed by atoms with Crippen molar-refractivity contribution in [3.8, 4) is 0 Å². The molecule has 2 aromatic rings. The number of hydrogen-bond acceptors (Lipinski definition) is 3. The first-order chi connectivity index (χ1) is 13.7. The van der Waals surface area contributed by atoms with Crippen LogP contribution >= 0.6 is 0 Å². The molecule has 0 aromatic heterocycles.